The van der Waals surface area contributed by atoms with Gasteiger partial charge in [0, 0.05) is 43.7 Å². The summed E-state index contributed by atoms with van der Waals surface area (Å²) < 4.78 is 2.25. The Bertz CT molecular complexity index is 1420. The molecule has 1 aliphatic carbocycles. The summed E-state index contributed by atoms with van der Waals surface area (Å²) in [6.07, 6.45) is 3.06. The van der Waals surface area contributed by atoms with Gasteiger partial charge in [-0.25, -0.2) is 4.98 Å². The van der Waals surface area contributed by atoms with Crippen molar-refractivity contribution >= 4 is 22.8 Å². The third kappa shape index (κ3) is 4.28. The van der Waals surface area contributed by atoms with Gasteiger partial charge in [-0.3, -0.25) is 9.59 Å². The highest BCUT2D eigenvalue weighted by molar-refractivity contribution is 5.97. The number of rotatable bonds is 6. The van der Waals surface area contributed by atoms with Crippen molar-refractivity contribution < 1.29 is 9.59 Å². The van der Waals surface area contributed by atoms with Gasteiger partial charge >= 0.3 is 0 Å². The van der Waals surface area contributed by atoms with E-state index in [0.717, 1.165) is 66.9 Å². The molecule has 2 aliphatic rings. The monoisotopic (exact) mass is 478 g/mol. The Morgan fingerprint density at radius 1 is 0.917 bits per heavy atom. The van der Waals surface area contributed by atoms with E-state index in [4.69, 9.17) is 4.98 Å². The number of hydrogen-bond acceptors (Lipinski definition) is 3. The van der Waals surface area contributed by atoms with E-state index in [9.17, 15) is 9.59 Å². The molecule has 1 unspecified atom stereocenters. The SMILES string of the molecule is CNC(=O)c1ccc2nc(-c3ccc(-c4ccccc4)cc3)n(CC3CCN(C(=O)C4CC4)C3)c2c1. The van der Waals surface area contributed by atoms with Gasteiger partial charge in [0.2, 0.25) is 5.91 Å². The number of carbonyl (C=O) groups is 2. The fourth-order valence-electron chi connectivity index (χ4n) is 5.28. The first-order valence-corrected chi connectivity index (χ1v) is 12.8. The summed E-state index contributed by atoms with van der Waals surface area (Å²) in [5.74, 6) is 1.72. The van der Waals surface area contributed by atoms with Gasteiger partial charge in [0.1, 0.15) is 5.82 Å². The van der Waals surface area contributed by atoms with Crippen molar-refractivity contribution in [3.63, 3.8) is 0 Å². The van der Waals surface area contributed by atoms with Crippen LogP contribution in [0.15, 0.2) is 72.8 Å². The Kier molecular flexibility index (Phi) is 5.80. The summed E-state index contributed by atoms with van der Waals surface area (Å²) in [4.78, 5) is 32.0. The Morgan fingerprint density at radius 2 is 1.64 bits per heavy atom. The summed E-state index contributed by atoms with van der Waals surface area (Å²) in [6, 6.07) is 24.5. The van der Waals surface area contributed by atoms with Gasteiger partial charge in [-0.1, -0.05) is 54.6 Å². The molecule has 1 aliphatic heterocycles. The number of fused-ring (bicyclic) bond motifs is 1. The number of benzene rings is 3. The summed E-state index contributed by atoms with van der Waals surface area (Å²) in [5.41, 5.74) is 5.82. The molecule has 6 heteroatoms. The predicted octanol–water partition coefficient (Wildman–Crippen LogP) is 4.99. The number of nitrogens with zero attached hydrogens (tertiary/aromatic N) is 3. The molecule has 1 aromatic heterocycles. The van der Waals surface area contributed by atoms with Crippen LogP contribution < -0.4 is 5.32 Å². The molecule has 0 spiro atoms. The minimum Gasteiger partial charge on any atom is -0.355 e. The van der Waals surface area contributed by atoms with Crippen molar-refractivity contribution in [1.29, 1.82) is 0 Å². The standard InChI is InChI=1S/C30H30N4O2/c1-31-29(35)25-13-14-26-27(17-25)34(19-20-15-16-33(18-20)30(36)24-11-12-24)28(32-26)23-9-7-22(8-10-23)21-5-3-2-4-6-21/h2-10,13-14,17,20,24H,11-12,15-16,18-19H2,1H3,(H,31,35). The van der Waals surface area contributed by atoms with Gasteiger partial charge in [0.05, 0.1) is 11.0 Å². The van der Waals surface area contributed by atoms with Crippen LogP contribution in [0.5, 0.6) is 0 Å². The largest absolute Gasteiger partial charge is 0.355 e. The average molecular weight is 479 g/mol. The minimum atomic E-state index is -0.111. The fourth-order valence-corrected chi connectivity index (χ4v) is 5.28. The van der Waals surface area contributed by atoms with Gasteiger partial charge in [-0.05, 0) is 54.5 Å². The second kappa shape index (κ2) is 9.26. The highest BCUT2D eigenvalue weighted by Crippen LogP contribution is 2.34. The van der Waals surface area contributed by atoms with Gasteiger partial charge < -0.3 is 14.8 Å². The minimum absolute atomic E-state index is 0.111. The lowest BCUT2D eigenvalue weighted by molar-refractivity contribution is -0.131. The average Bonchev–Trinajstić information content (AvgIpc) is 3.58. The van der Waals surface area contributed by atoms with Crippen LogP contribution in [0, 0.1) is 11.8 Å². The Morgan fingerprint density at radius 3 is 2.36 bits per heavy atom. The zero-order valence-corrected chi connectivity index (χ0v) is 20.5. The van der Waals surface area contributed by atoms with Crippen molar-refractivity contribution in [2.45, 2.75) is 25.8 Å². The van der Waals surface area contributed by atoms with Crippen molar-refractivity contribution in [1.82, 2.24) is 19.8 Å². The van der Waals surface area contributed by atoms with Crippen molar-refractivity contribution in [2.24, 2.45) is 11.8 Å². The molecule has 1 saturated heterocycles. The molecule has 2 heterocycles. The van der Waals surface area contributed by atoms with Gasteiger partial charge in [-0.2, -0.15) is 0 Å². The molecule has 3 aromatic carbocycles. The summed E-state index contributed by atoms with van der Waals surface area (Å²) in [6.45, 7) is 2.38. The molecule has 1 atom stereocenters. The maximum absolute atomic E-state index is 12.6. The number of carbonyl (C=O) groups excluding carboxylic acids is 2. The number of hydrogen-bond donors (Lipinski definition) is 1. The normalized spacial score (nSPS) is 17.5. The highest BCUT2D eigenvalue weighted by atomic mass is 16.2. The third-order valence-corrected chi connectivity index (χ3v) is 7.45. The molecule has 0 bridgehead atoms. The molecule has 2 fully saturated rings. The number of likely N-dealkylation sites (tertiary alicyclic amines) is 1. The van der Waals surface area contributed by atoms with Gasteiger partial charge in [-0.15, -0.1) is 0 Å². The molecule has 1 saturated carbocycles. The zero-order chi connectivity index (χ0) is 24.6. The van der Waals surface area contributed by atoms with Crippen LogP contribution in [-0.4, -0.2) is 46.4 Å². The van der Waals surface area contributed by atoms with Gasteiger partial charge in [0.25, 0.3) is 5.91 Å². The van der Waals surface area contributed by atoms with E-state index in [-0.39, 0.29) is 11.8 Å². The molecule has 1 N–H and O–H groups in total. The molecular formula is C30H30N4O2. The quantitative estimate of drug-likeness (QED) is 0.425. The van der Waals surface area contributed by atoms with Crippen molar-refractivity contribution in [2.75, 3.05) is 20.1 Å². The zero-order valence-electron chi connectivity index (χ0n) is 20.5. The van der Waals surface area contributed by atoms with E-state index in [1.54, 1.807) is 7.05 Å². The molecular weight excluding hydrogens is 448 g/mol. The maximum atomic E-state index is 12.6. The van der Waals surface area contributed by atoms with Crippen LogP contribution in [0.2, 0.25) is 0 Å². The summed E-state index contributed by atoms with van der Waals surface area (Å²) in [5, 5.41) is 2.72. The lowest BCUT2D eigenvalue weighted by Crippen LogP contribution is -2.30. The van der Waals surface area contributed by atoms with Crippen LogP contribution in [0.4, 0.5) is 0 Å². The van der Waals surface area contributed by atoms with Crippen LogP contribution >= 0.6 is 0 Å². The van der Waals surface area contributed by atoms with Crippen LogP contribution in [0.3, 0.4) is 0 Å². The third-order valence-electron chi connectivity index (χ3n) is 7.45. The van der Waals surface area contributed by atoms with Crippen LogP contribution in [-0.2, 0) is 11.3 Å². The molecule has 6 rings (SSSR count). The lowest BCUT2D eigenvalue weighted by Gasteiger charge is -2.18. The van der Waals surface area contributed by atoms with Crippen molar-refractivity contribution in [3.05, 3.63) is 78.4 Å². The molecule has 182 valence electrons. The number of amides is 2. The number of imidazole rings is 1. The van der Waals surface area contributed by atoms with E-state index in [1.165, 1.54) is 5.56 Å². The summed E-state index contributed by atoms with van der Waals surface area (Å²) in [7, 11) is 1.65. The van der Waals surface area contributed by atoms with E-state index in [2.05, 4.69) is 46.3 Å². The van der Waals surface area contributed by atoms with Crippen LogP contribution in [0.25, 0.3) is 33.5 Å². The first kappa shape index (κ1) is 22.5. The van der Waals surface area contributed by atoms with E-state index in [1.807, 2.05) is 41.3 Å². The second-order valence-electron chi connectivity index (χ2n) is 9.99. The predicted molar refractivity (Wildman–Crippen MR) is 141 cm³/mol. The Labute approximate surface area is 211 Å². The Hall–Kier alpha value is -3.93. The Balaban J connectivity index is 1.36. The maximum Gasteiger partial charge on any atom is 0.251 e. The molecule has 6 nitrogen and oxygen atoms in total. The summed E-state index contributed by atoms with van der Waals surface area (Å²) >= 11 is 0. The lowest BCUT2D eigenvalue weighted by atomic mass is 10.0. The van der Waals surface area contributed by atoms with E-state index < -0.39 is 0 Å². The number of aromatic nitrogens is 2. The second-order valence-corrected chi connectivity index (χ2v) is 9.99. The van der Waals surface area contributed by atoms with Gasteiger partial charge in [0.15, 0.2) is 0 Å². The highest BCUT2D eigenvalue weighted by Gasteiger charge is 2.36. The van der Waals surface area contributed by atoms with Crippen LogP contribution in [0.1, 0.15) is 29.6 Å². The van der Waals surface area contributed by atoms with Crippen molar-refractivity contribution in [3.8, 4) is 22.5 Å². The smallest absolute Gasteiger partial charge is 0.251 e. The van der Waals surface area contributed by atoms with E-state index in [0.29, 0.717) is 17.4 Å². The molecule has 0 radical (unpaired) electrons. The molecule has 2 amide bonds. The first-order chi connectivity index (χ1) is 17.6. The first-order valence-electron chi connectivity index (χ1n) is 12.8. The topological polar surface area (TPSA) is 67.2 Å². The fraction of sp³-hybridized carbons (Fsp3) is 0.300. The molecule has 36 heavy (non-hydrogen) atoms. The number of nitrogens with one attached hydrogen (secondary N) is 1. The van der Waals surface area contributed by atoms with E-state index >= 15 is 0 Å². The molecule has 4 aromatic rings.